The topological polar surface area (TPSA) is 37.3 Å². The van der Waals surface area contributed by atoms with Gasteiger partial charge in [0, 0.05) is 6.08 Å². The highest BCUT2D eigenvalue weighted by Gasteiger charge is 2.44. The SMILES string of the molecule is CC1(C)CC1CCCCC/C=C/C(=O)O. The minimum atomic E-state index is -0.838. The van der Waals surface area contributed by atoms with Crippen molar-refractivity contribution < 1.29 is 9.90 Å². The fourth-order valence-corrected chi connectivity index (χ4v) is 2.08. The maximum absolute atomic E-state index is 10.2. The van der Waals surface area contributed by atoms with Crippen LogP contribution >= 0.6 is 0 Å². The first-order valence-corrected chi connectivity index (χ1v) is 5.92. The predicted octanol–water partition coefficient (Wildman–Crippen LogP) is 3.62. The molecule has 1 aliphatic rings. The Morgan fingerprint density at radius 3 is 2.60 bits per heavy atom. The molecule has 0 saturated heterocycles. The number of carboxylic acid groups (broad SMARTS) is 1. The lowest BCUT2D eigenvalue weighted by Gasteiger charge is -2.02. The molecule has 0 spiro atoms. The molecule has 0 radical (unpaired) electrons. The number of carbonyl (C=O) groups is 1. The Balaban J connectivity index is 1.88. The second-order valence-electron chi connectivity index (χ2n) is 5.27. The van der Waals surface area contributed by atoms with Crippen LogP contribution in [-0.2, 0) is 4.79 Å². The van der Waals surface area contributed by atoms with Gasteiger partial charge in [0.25, 0.3) is 0 Å². The van der Waals surface area contributed by atoms with Gasteiger partial charge in [0.05, 0.1) is 0 Å². The highest BCUT2D eigenvalue weighted by Crippen LogP contribution is 2.54. The van der Waals surface area contributed by atoms with Crippen LogP contribution in [0, 0.1) is 11.3 Å². The summed E-state index contributed by atoms with van der Waals surface area (Å²) in [5.41, 5.74) is 0.614. The van der Waals surface area contributed by atoms with Crippen molar-refractivity contribution >= 4 is 5.97 Å². The monoisotopic (exact) mass is 210 g/mol. The fraction of sp³-hybridized carbons (Fsp3) is 0.769. The molecule has 2 nitrogen and oxygen atoms in total. The van der Waals surface area contributed by atoms with E-state index in [-0.39, 0.29) is 0 Å². The predicted molar refractivity (Wildman–Crippen MR) is 61.7 cm³/mol. The van der Waals surface area contributed by atoms with Crippen molar-refractivity contribution in [3.05, 3.63) is 12.2 Å². The Labute approximate surface area is 92.4 Å². The van der Waals surface area contributed by atoms with E-state index in [1.54, 1.807) is 6.08 Å². The molecule has 1 atom stereocenters. The molecule has 1 aliphatic carbocycles. The normalized spacial score (nSPS) is 23.2. The third-order valence-electron chi connectivity index (χ3n) is 3.40. The average Bonchev–Trinajstić information content (AvgIpc) is 2.72. The molecule has 0 aromatic rings. The molecule has 0 aliphatic heterocycles. The zero-order valence-electron chi connectivity index (χ0n) is 9.83. The van der Waals surface area contributed by atoms with Crippen molar-refractivity contribution in [2.45, 2.75) is 52.4 Å². The molecule has 15 heavy (non-hydrogen) atoms. The van der Waals surface area contributed by atoms with Crippen LogP contribution < -0.4 is 0 Å². The highest BCUT2D eigenvalue weighted by atomic mass is 16.4. The molecule has 1 N–H and O–H groups in total. The lowest BCUT2D eigenvalue weighted by Crippen LogP contribution is -1.90. The first-order chi connectivity index (χ1) is 7.02. The number of hydrogen-bond donors (Lipinski definition) is 1. The van der Waals surface area contributed by atoms with Crippen LogP contribution in [0.25, 0.3) is 0 Å². The standard InChI is InChI=1S/C13H22O2/c1-13(2)10-11(13)8-6-4-3-5-7-9-12(14)15/h7,9,11H,3-6,8,10H2,1-2H3,(H,14,15)/b9-7+. The lowest BCUT2D eigenvalue weighted by atomic mass is 10.0. The summed E-state index contributed by atoms with van der Waals surface area (Å²) < 4.78 is 0. The number of unbranched alkanes of at least 4 members (excludes halogenated alkanes) is 3. The summed E-state index contributed by atoms with van der Waals surface area (Å²) in [6.45, 7) is 4.68. The summed E-state index contributed by atoms with van der Waals surface area (Å²) >= 11 is 0. The molecule has 1 saturated carbocycles. The first-order valence-electron chi connectivity index (χ1n) is 5.92. The van der Waals surface area contributed by atoms with Gasteiger partial charge in [-0.15, -0.1) is 0 Å². The Hall–Kier alpha value is -0.790. The van der Waals surface area contributed by atoms with Crippen LogP contribution in [0.4, 0.5) is 0 Å². The smallest absolute Gasteiger partial charge is 0.327 e. The van der Waals surface area contributed by atoms with E-state index in [0.29, 0.717) is 5.41 Å². The van der Waals surface area contributed by atoms with Gasteiger partial charge in [-0.05, 0) is 37.0 Å². The summed E-state index contributed by atoms with van der Waals surface area (Å²) in [6.07, 6.45) is 10.3. The van der Waals surface area contributed by atoms with Crippen LogP contribution in [0.2, 0.25) is 0 Å². The van der Waals surface area contributed by atoms with E-state index in [0.717, 1.165) is 18.8 Å². The first kappa shape index (κ1) is 12.3. The van der Waals surface area contributed by atoms with E-state index in [9.17, 15) is 4.79 Å². The minimum Gasteiger partial charge on any atom is -0.478 e. The van der Waals surface area contributed by atoms with Crippen molar-refractivity contribution in [3.63, 3.8) is 0 Å². The lowest BCUT2D eigenvalue weighted by molar-refractivity contribution is -0.131. The summed E-state index contributed by atoms with van der Waals surface area (Å²) in [4.78, 5) is 10.2. The van der Waals surface area contributed by atoms with E-state index >= 15 is 0 Å². The summed E-state index contributed by atoms with van der Waals surface area (Å²) in [6, 6.07) is 0. The van der Waals surface area contributed by atoms with Crippen LogP contribution in [0.3, 0.4) is 0 Å². The van der Waals surface area contributed by atoms with Crippen LogP contribution in [0.1, 0.15) is 52.4 Å². The Morgan fingerprint density at radius 2 is 2.07 bits per heavy atom. The van der Waals surface area contributed by atoms with Crippen molar-refractivity contribution in [3.8, 4) is 0 Å². The van der Waals surface area contributed by atoms with E-state index in [1.165, 1.54) is 31.8 Å². The Morgan fingerprint density at radius 1 is 1.40 bits per heavy atom. The fourth-order valence-electron chi connectivity index (χ4n) is 2.08. The second-order valence-corrected chi connectivity index (χ2v) is 5.27. The molecule has 0 amide bonds. The van der Waals surface area contributed by atoms with E-state index in [2.05, 4.69) is 13.8 Å². The van der Waals surface area contributed by atoms with Crippen LogP contribution in [-0.4, -0.2) is 11.1 Å². The van der Waals surface area contributed by atoms with E-state index in [1.807, 2.05) is 0 Å². The molecule has 1 fully saturated rings. The Bertz CT molecular complexity index is 241. The second kappa shape index (κ2) is 5.34. The van der Waals surface area contributed by atoms with Gasteiger partial charge in [-0.1, -0.05) is 32.8 Å². The third kappa shape index (κ3) is 5.01. The minimum absolute atomic E-state index is 0.614. The molecule has 1 rings (SSSR count). The van der Waals surface area contributed by atoms with E-state index < -0.39 is 5.97 Å². The summed E-state index contributed by atoms with van der Waals surface area (Å²) in [5.74, 6) is 0.113. The van der Waals surface area contributed by atoms with Crippen LogP contribution in [0.15, 0.2) is 12.2 Å². The largest absolute Gasteiger partial charge is 0.478 e. The van der Waals surface area contributed by atoms with Gasteiger partial charge in [0.2, 0.25) is 0 Å². The molecule has 0 heterocycles. The number of allylic oxidation sites excluding steroid dienone is 1. The maximum Gasteiger partial charge on any atom is 0.327 e. The highest BCUT2D eigenvalue weighted by molar-refractivity contribution is 5.79. The van der Waals surface area contributed by atoms with E-state index in [4.69, 9.17) is 5.11 Å². The quantitative estimate of drug-likeness (QED) is 0.514. The van der Waals surface area contributed by atoms with Crippen molar-refractivity contribution in [2.75, 3.05) is 0 Å². The van der Waals surface area contributed by atoms with Gasteiger partial charge >= 0.3 is 5.97 Å². The summed E-state index contributed by atoms with van der Waals surface area (Å²) in [5, 5.41) is 8.37. The number of rotatable bonds is 7. The van der Waals surface area contributed by atoms with Crippen LogP contribution in [0.5, 0.6) is 0 Å². The number of aliphatic carboxylic acids is 1. The van der Waals surface area contributed by atoms with Crippen molar-refractivity contribution in [2.24, 2.45) is 11.3 Å². The Kier molecular flexibility index (Phi) is 4.37. The zero-order chi connectivity index (χ0) is 11.3. The van der Waals surface area contributed by atoms with Gasteiger partial charge in [-0.3, -0.25) is 0 Å². The van der Waals surface area contributed by atoms with Crippen molar-refractivity contribution in [1.29, 1.82) is 0 Å². The molecular formula is C13H22O2. The molecule has 0 aromatic carbocycles. The molecule has 0 bridgehead atoms. The van der Waals surface area contributed by atoms with Crippen molar-refractivity contribution in [1.82, 2.24) is 0 Å². The van der Waals surface area contributed by atoms with Gasteiger partial charge in [0.15, 0.2) is 0 Å². The zero-order valence-corrected chi connectivity index (χ0v) is 9.83. The van der Waals surface area contributed by atoms with Gasteiger partial charge in [0.1, 0.15) is 0 Å². The number of carboxylic acids is 1. The molecular weight excluding hydrogens is 188 g/mol. The molecule has 0 aromatic heterocycles. The molecule has 2 heteroatoms. The van der Waals surface area contributed by atoms with Gasteiger partial charge in [-0.2, -0.15) is 0 Å². The third-order valence-corrected chi connectivity index (χ3v) is 3.40. The molecule has 1 unspecified atom stereocenters. The van der Waals surface area contributed by atoms with Gasteiger partial charge in [-0.25, -0.2) is 4.79 Å². The number of hydrogen-bond acceptors (Lipinski definition) is 1. The van der Waals surface area contributed by atoms with Gasteiger partial charge < -0.3 is 5.11 Å². The molecule has 86 valence electrons. The average molecular weight is 210 g/mol. The summed E-state index contributed by atoms with van der Waals surface area (Å²) in [7, 11) is 0. The maximum atomic E-state index is 10.2.